The molecule has 1 aliphatic rings. The minimum atomic E-state index is 0.506. The van der Waals surface area contributed by atoms with E-state index < -0.39 is 0 Å². The Labute approximate surface area is 89.8 Å². The second-order valence-corrected chi connectivity index (χ2v) is 5.00. The van der Waals surface area contributed by atoms with Crippen molar-refractivity contribution in [3.63, 3.8) is 0 Å². The van der Waals surface area contributed by atoms with E-state index in [1.807, 2.05) is 0 Å². The van der Waals surface area contributed by atoms with Crippen molar-refractivity contribution in [2.45, 2.75) is 51.6 Å². The van der Waals surface area contributed by atoms with E-state index in [1.165, 1.54) is 30.7 Å². The summed E-state index contributed by atoms with van der Waals surface area (Å²) in [5.74, 6) is 0. The molecule has 0 spiro atoms. The van der Waals surface area contributed by atoms with Gasteiger partial charge in [0.25, 0.3) is 0 Å². The topological polar surface area (TPSA) is 24.9 Å². The van der Waals surface area contributed by atoms with Gasteiger partial charge in [-0.1, -0.05) is 13.3 Å². The van der Waals surface area contributed by atoms with Gasteiger partial charge in [0.15, 0.2) is 0 Å². The molecule has 2 nitrogen and oxygen atoms in total. The van der Waals surface area contributed by atoms with Crippen LogP contribution in [0, 0.1) is 6.92 Å². The summed E-state index contributed by atoms with van der Waals surface area (Å²) in [5.41, 5.74) is 1.16. The van der Waals surface area contributed by atoms with Crippen LogP contribution in [0.25, 0.3) is 0 Å². The molecule has 0 aromatic carbocycles. The molecule has 1 unspecified atom stereocenters. The van der Waals surface area contributed by atoms with Crippen molar-refractivity contribution in [1.29, 1.82) is 0 Å². The molecule has 0 amide bonds. The molecule has 1 N–H and O–H groups in total. The summed E-state index contributed by atoms with van der Waals surface area (Å²) in [6.45, 7) is 4.31. The first kappa shape index (κ1) is 10.1. The number of hydrogen-bond acceptors (Lipinski definition) is 3. The zero-order valence-corrected chi connectivity index (χ0v) is 9.73. The van der Waals surface area contributed by atoms with Gasteiger partial charge in [-0.2, -0.15) is 0 Å². The lowest BCUT2D eigenvalue weighted by atomic mass is 10.2. The zero-order chi connectivity index (χ0) is 9.97. The van der Waals surface area contributed by atoms with Crippen LogP contribution in [0.1, 0.15) is 49.4 Å². The molecular formula is C11H18N2S. The molecule has 1 aromatic rings. The molecule has 14 heavy (non-hydrogen) atoms. The third-order valence-corrected chi connectivity index (χ3v) is 3.60. The van der Waals surface area contributed by atoms with Gasteiger partial charge in [0.05, 0.1) is 6.04 Å². The average molecular weight is 210 g/mol. The Balaban J connectivity index is 2.00. The molecule has 0 aliphatic heterocycles. The highest BCUT2D eigenvalue weighted by atomic mass is 32.1. The van der Waals surface area contributed by atoms with E-state index in [0.717, 1.165) is 11.7 Å². The Kier molecular flexibility index (Phi) is 3.19. The van der Waals surface area contributed by atoms with Gasteiger partial charge >= 0.3 is 0 Å². The molecule has 3 heteroatoms. The molecular weight excluding hydrogens is 192 g/mol. The predicted octanol–water partition coefficient (Wildman–Crippen LogP) is 3.04. The summed E-state index contributed by atoms with van der Waals surface area (Å²) < 4.78 is 0. The van der Waals surface area contributed by atoms with E-state index in [9.17, 15) is 0 Å². The van der Waals surface area contributed by atoms with Gasteiger partial charge in [-0.05, 0) is 26.2 Å². The van der Waals surface area contributed by atoms with Crippen LogP contribution in [0.4, 0.5) is 0 Å². The van der Waals surface area contributed by atoms with Gasteiger partial charge in [-0.3, -0.25) is 0 Å². The Bertz CT molecular complexity index is 291. The number of thiazole rings is 1. The van der Waals surface area contributed by atoms with Crippen molar-refractivity contribution in [3.8, 4) is 0 Å². The molecule has 0 saturated heterocycles. The molecule has 2 rings (SSSR count). The summed E-state index contributed by atoms with van der Waals surface area (Å²) >= 11 is 1.79. The lowest BCUT2D eigenvalue weighted by molar-refractivity contribution is 0.489. The molecule has 1 aromatic heterocycles. The van der Waals surface area contributed by atoms with E-state index in [0.29, 0.717) is 6.04 Å². The van der Waals surface area contributed by atoms with Crippen molar-refractivity contribution in [1.82, 2.24) is 10.3 Å². The van der Waals surface area contributed by atoms with Crippen LogP contribution in [-0.4, -0.2) is 11.0 Å². The monoisotopic (exact) mass is 210 g/mol. The lowest BCUT2D eigenvalue weighted by Crippen LogP contribution is -2.23. The van der Waals surface area contributed by atoms with Crippen LogP contribution in [0.2, 0.25) is 0 Å². The SMILES string of the molecule is CCCC(NC1CC1)c1nc(C)cs1. The summed E-state index contributed by atoms with van der Waals surface area (Å²) in [4.78, 5) is 4.57. The molecule has 0 bridgehead atoms. The standard InChI is InChI=1S/C11H18N2S/c1-3-4-10(13-9-5-6-9)11-12-8(2)7-14-11/h7,9-10,13H,3-6H2,1-2H3. The number of rotatable bonds is 5. The van der Waals surface area contributed by atoms with Crippen LogP contribution >= 0.6 is 11.3 Å². The molecule has 0 radical (unpaired) electrons. The van der Waals surface area contributed by atoms with Crippen molar-refractivity contribution in [2.24, 2.45) is 0 Å². The number of hydrogen-bond donors (Lipinski definition) is 1. The maximum atomic E-state index is 4.57. The average Bonchev–Trinajstić information content (AvgIpc) is 2.87. The van der Waals surface area contributed by atoms with Crippen LogP contribution in [0.15, 0.2) is 5.38 Å². The second kappa shape index (κ2) is 4.41. The Morgan fingerprint density at radius 2 is 2.43 bits per heavy atom. The van der Waals surface area contributed by atoms with Crippen molar-refractivity contribution < 1.29 is 0 Å². The highest BCUT2D eigenvalue weighted by Gasteiger charge is 2.26. The van der Waals surface area contributed by atoms with E-state index >= 15 is 0 Å². The highest BCUT2D eigenvalue weighted by molar-refractivity contribution is 7.09. The van der Waals surface area contributed by atoms with Gasteiger partial charge in [-0.15, -0.1) is 11.3 Å². The van der Waals surface area contributed by atoms with Gasteiger partial charge in [0.1, 0.15) is 5.01 Å². The summed E-state index contributed by atoms with van der Waals surface area (Å²) in [6.07, 6.45) is 5.14. The quantitative estimate of drug-likeness (QED) is 0.808. The third kappa shape index (κ3) is 2.55. The lowest BCUT2D eigenvalue weighted by Gasteiger charge is -2.14. The minimum absolute atomic E-state index is 0.506. The maximum Gasteiger partial charge on any atom is 0.110 e. The Morgan fingerprint density at radius 1 is 1.64 bits per heavy atom. The summed E-state index contributed by atoms with van der Waals surface area (Å²) in [6, 6.07) is 1.28. The first-order chi connectivity index (χ1) is 6.79. The zero-order valence-electron chi connectivity index (χ0n) is 8.92. The molecule has 1 saturated carbocycles. The Morgan fingerprint density at radius 3 is 2.93 bits per heavy atom. The van der Waals surface area contributed by atoms with Crippen LogP contribution < -0.4 is 5.32 Å². The van der Waals surface area contributed by atoms with Gasteiger partial charge in [-0.25, -0.2) is 4.98 Å². The third-order valence-electron chi connectivity index (χ3n) is 2.53. The minimum Gasteiger partial charge on any atom is -0.305 e. The molecule has 1 aliphatic carbocycles. The highest BCUT2D eigenvalue weighted by Crippen LogP contribution is 2.28. The van der Waals surface area contributed by atoms with E-state index in [1.54, 1.807) is 11.3 Å². The summed E-state index contributed by atoms with van der Waals surface area (Å²) in [5, 5.41) is 7.09. The molecule has 78 valence electrons. The fraction of sp³-hybridized carbons (Fsp3) is 0.727. The molecule has 1 heterocycles. The first-order valence-electron chi connectivity index (χ1n) is 5.47. The normalized spacial score (nSPS) is 18.4. The number of nitrogens with one attached hydrogen (secondary N) is 1. The maximum absolute atomic E-state index is 4.57. The van der Waals surface area contributed by atoms with Gasteiger partial charge < -0.3 is 5.32 Å². The van der Waals surface area contributed by atoms with Crippen LogP contribution in [0.3, 0.4) is 0 Å². The molecule has 1 atom stereocenters. The van der Waals surface area contributed by atoms with E-state index in [4.69, 9.17) is 0 Å². The number of nitrogens with zero attached hydrogens (tertiary/aromatic N) is 1. The second-order valence-electron chi connectivity index (χ2n) is 4.11. The number of aryl methyl sites for hydroxylation is 1. The van der Waals surface area contributed by atoms with E-state index in [-0.39, 0.29) is 0 Å². The van der Waals surface area contributed by atoms with Gasteiger partial charge in [0.2, 0.25) is 0 Å². The Hall–Kier alpha value is -0.410. The van der Waals surface area contributed by atoms with E-state index in [2.05, 4.69) is 29.5 Å². The van der Waals surface area contributed by atoms with Crippen molar-refractivity contribution in [2.75, 3.05) is 0 Å². The number of aromatic nitrogens is 1. The largest absolute Gasteiger partial charge is 0.305 e. The van der Waals surface area contributed by atoms with Crippen LogP contribution in [-0.2, 0) is 0 Å². The molecule has 1 fully saturated rings. The fourth-order valence-electron chi connectivity index (χ4n) is 1.63. The first-order valence-corrected chi connectivity index (χ1v) is 6.35. The van der Waals surface area contributed by atoms with Crippen molar-refractivity contribution in [3.05, 3.63) is 16.1 Å². The van der Waals surface area contributed by atoms with Crippen molar-refractivity contribution >= 4 is 11.3 Å². The predicted molar refractivity (Wildman–Crippen MR) is 60.7 cm³/mol. The van der Waals surface area contributed by atoms with Gasteiger partial charge in [0, 0.05) is 17.1 Å². The van der Waals surface area contributed by atoms with Crippen LogP contribution in [0.5, 0.6) is 0 Å². The summed E-state index contributed by atoms with van der Waals surface area (Å²) in [7, 11) is 0. The smallest absolute Gasteiger partial charge is 0.110 e. The fourth-order valence-corrected chi connectivity index (χ4v) is 2.52.